The molecule has 0 fully saturated rings. The fourth-order valence-corrected chi connectivity index (χ4v) is 1.91. The van der Waals surface area contributed by atoms with Gasteiger partial charge in [-0.3, -0.25) is 0 Å². The summed E-state index contributed by atoms with van der Waals surface area (Å²) in [4.78, 5) is 16.0. The number of hydrogen-bond acceptors (Lipinski definition) is 4. The molecule has 7 nitrogen and oxygen atoms in total. The molecule has 0 unspecified atom stereocenters. The number of guanidine groups is 1. The molecule has 1 aromatic rings. The summed E-state index contributed by atoms with van der Waals surface area (Å²) in [5, 5.41) is 17.9. The van der Waals surface area contributed by atoms with E-state index in [0.29, 0.717) is 31.2 Å². The molecule has 0 radical (unpaired) electrons. The van der Waals surface area contributed by atoms with Crippen LogP contribution in [0.4, 0.5) is 4.79 Å². The van der Waals surface area contributed by atoms with Gasteiger partial charge in [0.25, 0.3) is 0 Å². The first-order chi connectivity index (χ1) is 11.8. The largest absolute Gasteiger partial charge is 0.444 e. The van der Waals surface area contributed by atoms with Crippen LogP contribution in [0.25, 0.3) is 0 Å². The summed E-state index contributed by atoms with van der Waals surface area (Å²) in [5.74, 6) is 0.649. The van der Waals surface area contributed by atoms with Crippen LogP contribution in [0.3, 0.4) is 0 Å². The quantitative estimate of drug-likeness (QED) is 0.417. The Hall–Kier alpha value is -2.75. The van der Waals surface area contributed by atoms with E-state index in [1.54, 1.807) is 6.07 Å². The van der Waals surface area contributed by atoms with Gasteiger partial charge >= 0.3 is 6.09 Å². The van der Waals surface area contributed by atoms with Gasteiger partial charge < -0.3 is 20.7 Å². The summed E-state index contributed by atoms with van der Waals surface area (Å²) in [6, 6.07) is 9.47. The van der Waals surface area contributed by atoms with Crippen molar-refractivity contribution >= 4 is 12.1 Å². The lowest BCUT2D eigenvalue weighted by molar-refractivity contribution is 0.0529. The highest BCUT2D eigenvalue weighted by molar-refractivity contribution is 5.79. The second-order valence-corrected chi connectivity index (χ2v) is 6.36. The molecule has 0 atom stereocenters. The Morgan fingerprint density at radius 3 is 2.60 bits per heavy atom. The number of carbonyl (C=O) groups excluding carboxylic acids is 1. The molecule has 1 rings (SSSR count). The van der Waals surface area contributed by atoms with Crippen molar-refractivity contribution in [2.45, 2.75) is 39.8 Å². The van der Waals surface area contributed by atoms with Crippen LogP contribution < -0.4 is 16.0 Å². The molecule has 0 saturated carbocycles. The predicted molar refractivity (Wildman–Crippen MR) is 98.2 cm³/mol. The normalized spacial score (nSPS) is 11.4. The van der Waals surface area contributed by atoms with Crippen molar-refractivity contribution in [3.63, 3.8) is 0 Å². The third kappa shape index (κ3) is 9.20. The minimum Gasteiger partial charge on any atom is -0.444 e. The van der Waals surface area contributed by atoms with Crippen molar-refractivity contribution in [2.75, 3.05) is 19.6 Å². The number of carbonyl (C=O) groups is 1. The molecule has 0 aliphatic rings. The van der Waals surface area contributed by atoms with E-state index in [4.69, 9.17) is 10.00 Å². The monoisotopic (exact) mass is 345 g/mol. The number of nitrogens with one attached hydrogen (secondary N) is 3. The fraction of sp³-hybridized carbons (Fsp3) is 0.500. The van der Waals surface area contributed by atoms with E-state index < -0.39 is 11.7 Å². The standard InChI is InChI=1S/C18H27N5O2/c1-5-20-16(21-9-10-22-17(24)25-18(2,3)4)23-13-15-8-6-7-14(11-15)12-19/h6-8,11H,5,9-10,13H2,1-4H3,(H,22,24)(H2,20,21,23). The first kappa shape index (κ1) is 20.3. The summed E-state index contributed by atoms with van der Waals surface area (Å²) < 4.78 is 5.17. The third-order valence-corrected chi connectivity index (χ3v) is 2.91. The first-order valence-corrected chi connectivity index (χ1v) is 8.32. The fourth-order valence-electron chi connectivity index (χ4n) is 1.91. The van der Waals surface area contributed by atoms with Crippen LogP contribution in [0.1, 0.15) is 38.8 Å². The van der Waals surface area contributed by atoms with Crippen LogP contribution in [-0.2, 0) is 11.3 Å². The van der Waals surface area contributed by atoms with Crippen molar-refractivity contribution < 1.29 is 9.53 Å². The lowest BCUT2D eigenvalue weighted by Crippen LogP contribution is -2.42. The minimum absolute atomic E-state index is 0.420. The topological polar surface area (TPSA) is 98.5 Å². The average molecular weight is 345 g/mol. The summed E-state index contributed by atoms with van der Waals surface area (Å²) >= 11 is 0. The number of benzene rings is 1. The van der Waals surface area contributed by atoms with E-state index in [2.05, 4.69) is 27.0 Å². The Balaban J connectivity index is 2.45. The zero-order valence-corrected chi connectivity index (χ0v) is 15.3. The Morgan fingerprint density at radius 2 is 1.96 bits per heavy atom. The Morgan fingerprint density at radius 1 is 1.24 bits per heavy atom. The number of aliphatic imine (C=N–C) groups is 1. The maximum atomic E-state index is 11.6. The molecule has 0 spiro atoms. The number of nitriles is 1. The second-order valence-electron chi connectivity index (χ2n) is 6.36. The molecule has 3 N–H and O–H groups in total. The van der Waals surface area contributed by atoms with Crippen LogP contribution in [0.15, 0.2) is 29.3 Å². The summed E-state index contributed by atoms with van der Waals surface area (Å²) in [6.45, 7) is 9.57. The van der Waals surface area contributed by atoms with Gasteiger partial charge in [0.1, 0.15) is 5.60 Å². The molecule has 7 heteroatoms. The Labute approximate surface area is 149 Å². The molecule has 1 aromatic carbocycles. The number of ether oxygens (including phenoxy) is 1. The van der Waals surface area contributed by atoms with Crippen molar-refractivity contribution in [2.24, 2.45) is 4.99 Å². The smallest absolute Gasteiger partial charge is 0.407 e. The Bertz CT molecular complexity index is 629. The molecule has 0 aromatic heterocycles. The number of amides is 1. The number of hydrogen-bond donors (Lipinski definition) is 3. The third-order valence-electron chi connectivity index (χ3n) is 2.91. The van der Waals surface area contributed by atoms with E-state index >= 15 is 0 Å². The summed E-state index contributed by atoms with van der Waals surface area (Å²) in [6.07, 6.45) is -0.440. The highest BCUT2D eigenvalue weighted by Gasteiger charge is 2.15. The SMILES string of the molecule is CCNC(=NCc1cccc(C#N)c1)NCCNC(=O)OC(C)(C)C. The summed E-state index contributed by atoms with van der Waals surface area (Å²) in [7, 11) is 0. The van der Waals surface area contributed by atoms with Crippen molar-refractivity contribution in [1.29, 1.82) is 5.26 Å². The number of alkyl carbamates (subject to hydrolysis) is 1. The van der Waals surface area contributed by atoms with E-state index in [1.165, 1.54) is 0 Å². The lowest BCUT2D eigenvalue weighted by Gasteiger charge is -2.19. The molecular weight excluding hydrogens is 318 g/mol. The molecule has 0 aliphatic carbocycles. The van der Waals surface area contributed by atoms with Crippen LogP contribution in [0, 0.1) is 11.3 Å². The van der Waals surface area contributed by atoms with Gasteiger partial charge in [-0.15, -0.1) is 0 Å². The lowest BCUT2D eigenvalue weighted by atomic mass is 10.1. The van der Waals surface area contributed by atoms with Gasteiger partial charge in [0.2, 0.25) is 0 Å². The predicted octanol–water partition coefficient (Wildman–Crippen LogP) is 2.14. The van der Waals surface area contributed by atoms with Crippen molar-refractivity contribution in [3.05, 3.63) is 35.4 Å². The number of nitrogens with zero attached hydrogens (tertiary/aromatic N) is 2. The number of rotatable bonds is 6. The van der Waals surface area contributed by atoms with Crippen LogP contribution >= 0.6 is 0 Å². The van der Waals surface area contributed by atoms with Gasteiger partial charge in [-0.05, 0) is 45.4 Å². The molecule has 1 amide bonds. The van der Waals surface area contributed by atoms with Crippen molar-refractivity contribution in [3.8, 4) is 6.07 Å². The van der Waals surface area contributed by atoms with Crippen LogP contribution in [-0.4, -0.2) is 37.3 Å². The van der Waals surface area contributed by atoms with E-state index in [1.807, 2.05) is 45.9 Å². The van der Waals surface area contributed by atoms with Gasteiger partial charge in [0.15, 0.2) is 5.96 Å². The molecular formula is C18H27N5O2. The van der Waals surface area contributed by atoms with Gasteiger partial charge in [0, 0.05) is 19.6 Å². The molecule has 0 saturated heterocycles. The minimum atomic E-state index is -0.508. The van der Waals surface area contributed by atoms with Gasteiger partial charge in [-0.2, -0.15) is 5.26 Å². The molecule has 136 valence electrons. The second kappa shape index (κ2) is 10.2. The van der Waals surface area contributed by atoms with E-state index in [0.717, 1.165) is 12.1 Å². The van der Waals surface area contributed by atoms with E-state index in [-0.39, 0.29) is 0 Å². The first-order valence-electron chi connectivity index (χ1n) is 8.32. The zero-order chi connectivity index (χ0) is 18.7. The molecule has 0 aliphatic heterocycles. The maximum absolute atomic E-state index is 11.6. The van der Waals surface area contributed by atoms with Gasteiger partial charge in [-0.25, -0.2) is 9.79 Å². The van der Waals surface area contributed by atoms with E-state index in [9.17, 15) is 4.79 Å². The van der Waals surface area contributed by atoms with Gasteiger partial charge in [-0.1, -0.05) is 12.1 Å². The van der Waals surface area contributed by atoms with Crippen LogP contribution in [0.5, 0.6) is 0 Å². The van der Waals surface area contributed by atoms with Crippen LogP contribution in [0.2, 0.25) is 0 Å². The molecule has 25 heavy (non-hydrogen) atoms. The van der Waals surface area contributed by atoms with Crippen molar-refractivity contribution in [1.82, 2.24) is 16.0 Å². The molecule has 0 bridgehead atoms. The summed E-state index contributed by atoms with van der Waals surface area (Å²) in [5.41, 5.74) is 1.07. The maximum Gasteiger partial charge on any atom is 0.407 e. The molecule has 0 heterocycles. The average Bonchev–Trinajstić information content (AvgIpc) is 2.55. The Kier molecular flexibility index (Phi) is 8.27. The highest BCUT2D eigenvalue weighted by atomic mass is 16.6. The van der Waals surface area contributed by atoms with Gasteiger partial charge in [0.05, 0.1) is 18.2 Å². The zero-order valence-electron chi connectivity index (χ0n) is 15.3. The highest BCUT2D eigenvalue weighted by Crippen LogP contribution is 2.06.